The van der Waals surface area contributed by atoms with Crippen molar-refractivity contribution in [1.82, 2.24) is 14.8 Å². The van der Waals surface area contributed by atoms with Gasteiger partial charge in [0.25, 0.3) is 5.91 Å². The van der Waals surface area contributed by atoms with Crippen LogP contribution in [0.5, 0.6) is 0 Å². The Bertz CT molecular complexity index is 676. The summed E-state index contributed by atoms with van der Waals surface area (Å²) < 4.78 is 1.24. The summed E-state index contributed by atoms with van der Waals surface area (Å²) in [6, 6.07) is 3.05. The lowest BCUT2D eigenvalue weighted by atomic mass is 10.1. The van der Waals surface area contributed by atoms with Gasteiger partial charge in [-0.25, -0.2) is 14.5 Å². The third kappa shape index (κ3) is 2.30. The number of nitrogens with two attached hydrogens (primary N) is 1. The number of carbonyl (C=O) groups is 2. The van der Waals surface area contributed by atoms with Crippen LogP contribution in [0.1, 0.15) is 32.1 Å². The molecule has 0 saturated heterocycles. The third-order valence-corrected chi connectivity index (χ3v) is 2.60. The van der Waals surface area contributed by atoms with E-state index in [0.717, 1.165) is 0 Å². The largest absolute Gasteiger partial charge is 0.476 e. The summed E-state index contributed by atoms with van der Waals surface area (Å²) in [6.07, 6.45) is 1.43. The third-order valence-electron chi connectivity index (χ3n) is 2.60. The topological polar surface area (TPSA) is 111 Å². The summed E-state index contributed by atoms with van der Waals surface area (Å²) in [5.41, 5.74) is 6.79. The number of carboxylic acids is 1. The number of carbonyl (C=O) groups excluding carboxylic acids is 1. The zero-order valence-corrected chi connectivity index (χ0v) is 10.4. The minimum atomic E-state index is -1.15. The number of aromatic nitrogens is 3. The first-order valence-corrected chi connectivity index (χ1v) is 5.47. The summed E-state index contributed by atoms with van der Waals surface area (Å²) in [4.78, 5) is 26.5. The Morgan fingerprint density at radius 1 is 1.37 bits per heavy atom. The van der Waals surface area contributed by atoms with E-state index in [1.54, 1.807) is 19.9 Å². The predicted octanol–water partition coefficient (Wildman–Crippen LogP) is 0.681. The lowest BCUT2D eigenvalue weighted by molar-refractivity contribution is 0.0690. The van der Waals surface area contributed by atoms with E-state index in [1.165, 1.54) is 16.9 Å². The van der Waals surface area contributed by atoms with Gasteiger partial charge >= 0.3 is 5.97 Å². The van der Waals surface area contributed by atoms with Gasteiger partial charge in [-0.1, -0.05) is 0 Å². The van der Waals surface area contributed by atoms with Gasteiger partial charge in [0, 0.05) is 11.9 Å². The number of pyridine rings is 1. The van der Waals surface area contributed by atoms with E-state index in [2.05, 4.69) is 10.1 Å². The fourth-order valence-corrected chi connectivity index (χ4v) is 1.84. The van der Waals surface area contributed by atoms with Crippen molar-refractivity contribution >= 4 is 11.9 Å². The second kappa shape index (κ2) is 4.52. The van der Waals surface area contributed by atoms with Crippen molar-refractivity contribution in [2.24, 2.45) is 5.73 Å². The van der Waals surface area contributed by atoms with Gasteiger partial charge < -0.3 is 10.8 Å². The van der Waals surface area contributed by atoms with Gasteiger partial charge in [-0.15, -0.1) is 0 Å². The minimum Gasteiger partial charge on any atom is -0.476 e. The van der Waals surface area contributed by atoms with Crippen LogP contribution in [0.25, 0.3) is 5.82 Å². The van der Waals surface area contributed by atoms with E-state index in [4.69, 9.17) is 10.8 Å². The highest BCUT2D eigenvalue weighted by molar-refractivity contribution is 5.97. The van der Waals surface area contributed by atoms with Crippen LogP contribution in [0.2, 0.25) is 0 Å². The quantitative estimate of drug-likeness (QED) is 0.842. The van der Waals surface area contributed by atoms with Crippen molar-refractivity contribution in [2.75, 3.05) is 0 Å². The molecule has 1 amide bonds. The van der Waals surface area contributed by atoms with Crippen molar-refractivity contribution in [1.29, 1.82) is 0 Å². The highest BCUT2D eigenvalue weighted by Gasteiger charge is 2.17. The standard InChI is InChI=1S/C12H12N4O3/c1-6-5-7(2)14-11(9(6)10(13)17)16-4-3-8(15-16)12(18)19/h3-5H,1-2H3,(H2,13,17)(H,18,19). The molecule has 2 aromatic heterocycles. The smallest absolute Gasteiger partial charge is 0.356 e. The van der Waals surface area contributed by atoms with Crippen LogP contribution in [-0.2, 0) is 0 Å². The Morgan fingerprint density at radius 3 is 2.58 bits per heavy atom. The molecule has 7 heteroatoms. The van der Waals surface area contributed by atoms with Gasteiger partial charge in [0.05, 0.1) is 5.56 Å². The average molecular weight is 260 g/mol. The maximum Gasteiger partial charge on any atom is 0.356 e. The van der Waals surface area contributed by atoms with Crippen molar-refractivity contribution in [3.8, 4) is 5.82 Å². The lowest BCUT2D eigenvalue weighted by Crippen LogP contribution is -2.18. The fraction of sp³-hybridized carbons (Fsp3) is 0.167. The molecule has 0 spiro atoms. The first-order valence-electron chi connectivity index (χ1n) is 5.47. The normalized spacial score (nSPS) is 10.4. The number of amides is 1. The molecule has 0 aromatic carbocycles. The first-order chi connectivity index (χ1) is 8.90. The molecule has 0 saturated carbocycles. The molecule has 2 aromatic rings. The molecule has 0 aliphatic rings. The molecule has 0 radical (unpaired) electrons. The Balaban J connectivity index is 2.66. The van der Waals surface area contributed by atoms with E-state index in [-0.39, 0.29) is 17.1 Å². The Hall–Kier alpha value is -2.70. The summed E-state index contributed by atoms with van der Waals surface area (Å²) in [7, 11) is 0. The van der Waals surface area contributed by atoms with Crippen LogP contribution >= 0.6 is 0 Å². The van der Waals surface area contributed by atoms with Crippen LogP contribution in [0.4, 0.5) is 0 Å². The number of hydrogen-bond donors (Lipinski definition) is 2. The molecule has 2 rings (SSSR count). The van der Waals surface area contributed by atoms with E-state index in [9.17, 15) is 9.59 Å². The minimum absolute atomic E-state index is 0.128. The van der Waals surface area contributed by atoms with Crippen molar-refractivity contribution in [2.45, 2.75) is 13.8 Å². The maximum absolute atomic E-state index is 11.5. The van der Waals surface area contributed by atoms with E-state index in [1.807, 2.05) is 0 Å². The monoisotopic (exact) mass is 260 g/mol. The Morgan fingerprint density at radius 2 is 2.05 bits per heavy atom. The summed E-state index contributed by atoms with van der Waals surface area (Å²) in [6.45, 7) is 3.50. The molecular formula is C12H12N4O3. The van der Waals surface area contributed by atoms with Gasteiger partial charge in [-0.05, 0) is 31.5 Å². The van der Waals surface area contributed by atoms with Gasteiger partial charge in [-0.3, -0.25) is 4.79 Å². The van der Waals surface area contributed by atoms with Crippen molar-refractivity contribution in [3.05, 3.63) is 40.8 Å². The highest BCUT2D eigenvalue weighted by Crippen LogP contribution is 2.17. The molecule has 0 fully saturated rings. The van der Waals surface area contributed by atoms with E-state index >= 15 is 0 Å². The summed E-state index contributed by atoms with van der Waals surface area (Å²) >= 11 is 0. The van der Waals surface area contributed by atoms with E-state index < -0.39 is 11.9 Å². The summed E-state index contributed by atoms with van der Waals surface area (Å²) in [5, 5.41) is 12.7. The van der Waals surface area contributed by atoms with Gasteiger partial charge in [0.15, 0.2) is 11.5 Å². The maximum atomic E-state index is 11.5. The van der Waals surface area contributed by atoms with Gasteiger partial charge in [0.2, 0.25) is 0 Å². The molecule has 7 nitrogen and oxygen atoms in total. The molecule has 0 atom stereocenters. The highest BCUT2D eigenvalue weighted by atomic mass is 16.4. The molecule has 0 aliphatic heterocycles. The number of rotatable bonds is 3. The van der Waals surface area contributed by atoms with Crippen LogP contribution in [-0.4, -0.2) is 31.7 Å². The van der Waals surface area contributed by atoms with Crippen molar-refractivity contribution in [3.63, 3.8) is 0 Å². The van der Waals surface area contributed by atoms with Gasteiger partial charge in [-0.2, -0.15) is 5.10 Å². The van der Waals surface area contributed by atoms with Crippen LogP contribution in [0, 0.1) is 13.8 Å². The van der Waals surface area contributed by atoms with Crippen LogP contribution in [0.3, 0.4) is 0 Å². The summed E-state index contributed by atoms with van der Waals surface area (Å²) in [5.74, 6) is -1.55. The number of aromatic carboxylic acids is 1. The molecule has 19 heavy (non-hydrogen) atoms. The molecule has 98 valence electrons. The number of carboxylic acid groups (broad SMARTS) is 1. The second-order valence-electron chi connectivity index (χ2n) is 4.09. The SMILES string of the molecule is Cc1cc(C)c(C(N)=O)c(-n2ccc(C(=O)O)n2)n1. The Labute approximate surface area is 108 Å². The number of primary amides is 1. The molecule has 0 bridgehead atoms. The molecule has 3 N–H and O–H groups in total. The first kappa shape index (κ1) is 12.7. The van der Waals surface area contributed by atoms with Gasteiger partial charge in [0.1, 0.15) is 0 Å². The zero-order chi connectivity index (χ0) is 14.2. The predicted molar refractivity (Wildman–Crippen MR) is 66.3 cm³/mol. The van der Waals surface area contributed by atoms with E-state index in [0.29, 0.717) is 11.3 Å². The molecule has 2 heterocycles. The second-order valence-corrected chi connectivity index (χ2v) is 4.09. The molecule has 0 unspecified atom stereocenters. The average Bonchev–Trinajstić information content (AvgIpc) is 2.76. The molecule has 0 aliphatic carbocycles. The Kier molecular flexibility index (Phi) is 3.04. The van der Waals surface area contributed by atoms with Crippen molar-refractivity contribution < 1.29 is 14.7 Å². The zero-order valence-electron chi connectivity index (χ0n) is 10.4. The lowest BCUT2D eigenvalue weighted by Gasteiger charge is -2.10. The number of aryl methyl sites for hydroxylation is 2. The fourth-order valence-electron chi connectivity index (χ4n) is 1.84. The molecular weight excluding hydrogens is 248 g/mol. The van der Waals surface area contributed by atoms with Crippen LogP contribution < -0.4 is 5.73 Å². The van der Waals surface area contributed by atoms with Crippen LogP contribution in [0.15, 0.2) is 18.3 Å². The number of hydrogen-bond acceptors (Lipinski definition) is 4. The number of nitrogens with zero attached hydrogens (tertiary/aromatic N) is 3.